The third kappa shape index (κ3) is 4.12. The highest BCUT2D eigenvalue weighted by atomic mass is 79.9. The molecule has 2 aromatic rings. The van der Waals surface area contributed by atoms with Crippen LogP contribution in [0.3, 0.4) is 0 Å². The average Bonchev–Trinajstić information content (AvgIpc) is 3.09. The molecule has 1 aliphatic rings. The molecule has 1 amide bonds. The Morgan fingerprint density at radius 1 is 1.29 bits per heavy atom. The summed E-state index contributed by atoms with van der Waals surface area (Å²) in [5.41, 5.74) is 1.71. The molecule has 1 fully saturated rings. The van der Waals surface area contributed by atoms with Gasteiger partial charge in [0, 0.05) is 17.3 Å². The fourth-order valence-electron chi connectivity index (χ4n) is 2.38. The first-order valence-corrected chi connectivity index (χ1v) is 9.48. The molecule has 0 aliphatic carbocycles. The van der Waals surface area contributed by atoms with E-state index in [2.05, 4.69) is 31.1 Å². The maximum atomic E-state index is 12.1. The van der Waals surface area contributed by atoms with Crippen molar-refractivity contribution in [1.82, 2.24) is 9.88 Å². The van der Waals surface area contributed by atoms with Gasteiger partial charge in [0.05, 0.1) is 15.0 Å². The molecule has 1 N–H and O–H groups in total. The SMILES string of the molecule is O=C(Nc1nc(CN2CCCCC2)cs1)c1csc(Br)c1. The molecule has 0 saturated carbocycles. The van der Waals surface area contributed by atoms with E-state index in [1.807, 2.05) is 16.8 Å². The number of anilines is 1. The molecular formula is C14H16BrN3OS2. The van der Waals surface area contributed by atoms with Gasteiger partial charge < -0.3 is 0 Å². The number of aromatic nitrogens is 1. The zero-order valence-electron chi connectivity index (χ0n) is 11.5. The van der Waals surface area contributed by atoms with Crippen molar-refractivity contribution in [1.29, 1.82) is 0 Å². The van der Waals surface area contributed by atoms with Crippen LogP contribution < -0.4 is 5.32 Å². The van der Waals surface area contributed by atoms with Gasteiger partial charge in [-0.1, -0.05) is 6.42 Å². The van der Waals surface area contributed by atoms with Crippen molar-refractivity contribution in [3.05, 3.63) is 31.9 Å². The average molecular weight is 386 g/mol. The topological polar surface area (TPSA) is 45.2 Å². The minimum absolute atomic E-state index is 0.101. The lowest BCUT2D eigenvalue weighted by Gasteiger charge is -2.25. The van der Waals surface area contributed by atoms with Gasteiger partial charge in [-0.2, -0.15) is 0 Å². The molecule has 112 valence electrons. The molecule has 1 saturated heterocycles. The number of rotatable bonds is 4. The Hall–Kier alpha value is -0.760. The summed E-state index contributed by atoms with van der Waals surface area (Å²) in [5, 5.41) is 7.41. The molecule has 1 aliphatic heterocycles. The van der Waals surface area contributed by atoms with E-state index in [4.69, 9.17) is 0 Å². The second-order valence-corrected chi connectivity index (χ2v) is 8.22. The van der Waals surface area contributed by atoms with Crippen LogP contribution in [-0.2, 0) is 6.54 Å². The van der Waals surface area contributed by atoms with E-state index < -0.39 is 0 Å². The van der Waals surface area contributed by atoms with E-state index in [9.17, 15) is 4.79 Å². The number of likely N-dealkylation sites (tertiary alicyclic amines) is 1. The van der Waals surface area contributed by atoms with Gasteiger partial charge in [0.15, 0.2) is 5.13 Å². The second-order valence-electron chi connectivity index (χ2n) is 5.07. The Balaban J connectivity index is 1.58. The van der Waals surface area contributed by atoms with Gasteiger partial charge in [-0.05, 0) is 47.9 Å². The third-order valence-corrected chi connectivity index (χ3v) is 5.75. The fraction of sp³-hybridized carbons (Fsp3) is 0.429. The van der Waals surface area contributed by atoms with E-state index in [1.165, 1.54) is 41.9 Å². The Bertz CT molecular complexity index is 619. The maximum Gasteiger partial charge on any atom is 0.258 e. The van der Waals surface area contributed by atoms with Gasteiger partial charge >= 0.3 is 0 Å². The third-order valence-electron chi connectivity index (χ3n) is 3.44. The van der Waals surface area contributed by atoms with Crippen LogP contribution in [-0.4, -0.2) is 28.9 Å². The predicted octanol–water partition coefficient (Wildman–Crippen LogP) is 4.21. The normalized spacial score (nSPS) is 16.0. The number of hydrogen-bond acceptors (Lipinski definition) is 5. The monoisotopic (exact) mass is 385 g/mol. The van der Waals surface area contributed by atoms with E-state index >= 15 is 0 Å². The van der Waals surface area contributed by atoms with Crippen LogP contribution in [0.15, 0.2) is 20.6 Å². The molecule has 0 radical (unpaired) electrons. The number of nitrogens with one attached hydrogen (secondary N) is 1. The van der Waals surface area contributed by atoms with Crippen LogP contribution in [0.4, 0.5) is 5.13 Å². The summed E-state index contributed by atoms with van der Waals surface area (Å²) in [7, 11) is 0. The molecule has 0 bridgehead atoms. The molecule has 0 unspecified atom stereocenters. The molecule has 3 heterocycles. The van der Waals surface area contributed by atoms with Crippen molar-refractivity contribution in [2.45, 2.75) is 25.8 Å². The van der Waals surface area contributed by atoms with E-state index in [0.29, 0.717) is 10.7 Å². The molecule has 3 rings (SSSR count). The number of thiophene rings is 1. The van der Waals surface area contributed by atoms with Crippen LogP contribution in [0.5, 0.6) is 0 Å². The minimum Gasteiger partial charge on any atom is -0.298 e. The van der Waals surface area contributed by atoms with Gasteiger partial charge in [-0.15, -0.1) is 22.7 Å². The number of carbonyl (C=O) groups is 1. The lowest BCUT2D eigenvalue weighted by molar-refractivity contribution is 0.102. The molecule has 0 atom stereocenters. The van der Waals surface area contributed by atoms with Crippen LogP contribution in [0.25, 0.3) is 0 Å². The van der Waals surface area contributed by atoms with Crippen molar-refractivity contribution in [2.24, 2.45) is 0 Å². The summed E-state index contributed by atoms with van der Waals surface area (Å²) < 4.78 is 0.956. The summed E-state index contributed by atoms with van der Waals surface area (Å²) in [6, 6.07) is 1.82. The molecule has 7 heteroatoms. The summed E-state index contributed by atoms with van der Waals surface area (Å²) in [5.74, 6) is -0.101. The quantitative estimate of drug-likeness (QED) is 0.857. The minimum atomic E-state index is -0.101. The van der Waals surface area contributed by atoms with Gasteiger partial charge in [-0.25, -0.2) is 4.98 Å². The highest BCUT2D eigenvalue weighted by Gasteiger charge is 2.14. The smallest absolute Gasteiger partial charge is 0.258 e. The van der Waals surface area contributed by atoms with Crippen LogP contribution >= 0.6 is 38.6 Å². The van der Waals surface area contributed by atoms with Gasteiger partial charge in [0.2, 0.25) is 0 Å². The second kappa shape index (κ2) is 7.00. The predicted molar refractivity (Wildman–Crippen MR) is 91.2 cm³/mol. The lowest BCUT2D eigenvalue weighted by atomic mass is 10.1. The summed E-state index contributed by atoms with van der Waals surface area (Å²) >= 11 is 6.36. The molecule has 0 aromatic carbocycles. The Morgan fingerprint density at radius 3 is 2.81 bits per heavy atom. The number of halogens is 1. The first kappa shape index (κ1) is 15.1. The lowest BCUT2D eigenvalue weighted by Crippen LogP contribution is -2.29. The first-order chi connectivity index (χ1) is 10.2. The Kier molecular flexibility index (Phi) is 5.05. The number of nitrogens with zero attached hydrogens (tertiary/aromatic N) is 2. The summed E-state index contributed by atoms with van der Waals surface area (Å²) in [6.07, 6.45) is 3.90. The molecular weight excluding hydrogens is 370 g/mol. The number of hydrogen-bond donors (Lipinski definition) is 1. The number of carbonyl (C=O) groups excluding carboxylic acids is 1. The van der Waals surface area contributed by atoms with E-state index in [-0.39, 0.29) is 5.91 Å². The van der Waals surface area contributed by atoms with Crippen molar-refractivity contribution >= 4 is 49.6 Å². The zero-order valence-corrected chi connectivity index (χ0v) is 14.7. The molecule has 0 spiro atoms. The summed E-state index contributed by atoms with van der Waals surface area (Å²) in [6.45, 7) is 3.20. The van der Waals surface area contributed by atoms with Crippen molar-refractivity contribution < 1.29 is 4.79 Å². The zero-order chi connectivity index (χ0) is 14.7. The Morgan fingerprint density at radius 2 is 2.10 bits per heavy atom. The van der Waals surface area contributed by atoms with Gasteiger partial charge in [0.1, 0.15) is 0 Å². The van der Waals surface area contributed by atoms with Gasteiger partial charge in [-0.3, -0.25) is 15.0 Å². The highest BCUT2D eigenvalue weighted by molar-refractivity contribution is 9.11. The van der Waals surface area contributed by atoms with Gasteiger partial charge in [0.25, 0.3) is 5.91 Å². The molecule has 2 aromatic heterocycles. The van der Waals surface area contributed by atoms with Crippen molar-refractivity contribution in [2.75, 3.05) is 18.4 Å². The summed E-state index contributed by atoms with van der Waals surface area (Å²) in [4.78, 5) is 19.0. The number of amides is 1. The van der Waals surface area contributed by atoms with Crippen LogP contribution in [0.2, 0.25) is 0 Å². The first-order valence-electron chi connectivity index (χ1n) is 6.93. The fourth-order valence-corrected chi connectivity index (χ4v) is 4.22. The highest BCUT2D eigenvalue weighted by Crippen LogP contribution is 2.23. The number of piperidine rings is 1. The van der Waals surface area contributed by atoms with Crippen LogP contribution in [0, 0.1) is 0 Å². The standard InChI is InChI=1S/C14H16BrN3OS2/c15-12-6-10(8-20-12)13(19)17-14-16-11(9-21-14)7-18-4-2-1-3-5-18/h6,8-9H,1-5,7H2,(H,16,17,19). The molecule has 21 heavy (non-hydrogen) atoms. The van der Waals surface area contributed by atoms with Crippen LogP contribution in [0.1, 0.15) is 35.3 Å². The van der Waals surface area contributed by atoms with Crippen molar-refractivity contribution in [3.63, 3.8) is 0 Å². The number of thiazole rings is 1. The molecule has 4 nitrogen and oxygen atoms in total. The van der Waals surface area contributed by atoms with Crippen molar-refractivity contribution in [3.8, 4) is 0 Å². The van der Waals surface area contributed by atoms with E-state index in [1.54, 1.807) is 0 Å². The Labute approximate surface area is 140 Å². The largest absolute Gasteiger partial charge is 0.298 e. The maximum absolute atomic E-state index is 12.1. The van der Waals surface area contributed by atoms with E-state index in [0.717, 1.165) is 29.1 Å².